The van der Waals surface area contributed by atoms with E-state index in [4.69, 9.17) is 0 Å². The summed E-state index contributed by atoms with van der Waals surface area (Å²) >= 11 is 0. The number of rotatable bonds is 3. The highest BCUT2D eigenvalue weighted by Gasteiger charge is 2.13. The van der Waals surface area contributed by atoms with Gasteiger partial charge in [-0.15, -0.1) is 0 Å². The normalized spacial score (nSPS) is 13.3. The fraction of sp³-hybridized carbons (Fsp3) is 0.333. The molecule has 0 amide bonds. The van der Waals surface area contributed by atoms with Crippen LogP contribution < -0.4 is 0 Å². The zero-order valence-corrected chi connectivity index (χ0v) is 6.75. The Labute approximate surface area is 73.8 Å². The van der Waals surface area contributed by atoms with Gasteiger partial charge >= 0.3 is 0 Å². The Morgan fingerprint density at radius 2 is 1.69 bits per heavy atom. The van der Waals surface area contributed by atoms with E-state index in [1.54, 1.807) is 0 Å². The molecule has 0 radical (unpaired) electrons. The van der Waals surface area contributed by atoms with Crippen LogP contribution in [0, 0.1) is 5.82 Å². The maximum absolute atomic E-state index is 12.4. The van der Waals surface area contributed by atoms with Crippen molar-refractivity contribution in [1.29, 1.82) is 0 Å². The molecule has 0 saturated carbocycles. The molecule has 1 aromatic carbocycles. The van der Waals surface area contributed by atoms with Crippen LogP contribution in [0.2, 0.25) is 0 Å². The second-order valence-electron chi connectivity index (χ2n) is 2.69. The molecule has 13 heavy (non-hydrogen) atoms. The monoisotopic (exact) mass is 190 g/mol. The van der Waals surface area contributed by atoms with Gasteiger partial charge in [-0.25, -0.2) is 13.2 Å². The van der Waals surface area contributed by atoms with Crippen molar-refractivity contribution in [2.45, 2.75) is 19.0 Å². The van der Waals surface area contributed by atoms with Gasteiger partial charge in [-0.2, -0.15) is 0 Å². The summed E-state index contributed by atoms with van der Waals surface area (Å²) in [6.07, 6.45) is -4.40. The average molecular weight is 190 g/mol. The molecular formula is C9H9F3O. The fourth-order valence-corrected chi connectivity index (χ4v) is 0.990. The Kier molecular flexibility index (Phi) is 3.31. The molecule has 0 aliphatic rings. The van der Waals surface area contributed by atoms with E-state index < -0.39 is 24.8 Å². The first-order valence-corrected chi connectivity index (χ1v) is 3.81. The Morgan fingerprint density at radius 3 is 2.15 bits per heavy atom. The zero-order chi connectivity index (χ0) is 9.84. The third-order valence-electron chi connectivity index (χ3n) is 1.66. The van der Waals surface area contributed by atoms with Gasteiger partial charge in [0, 0.05) is 6.42 Å². The molecule has 72 valence electrons. The number of aliphatic hydroxyl groups is 1. The second-order valence-corrected chi connectivity index (χ2v) is 2.69. The van der Waals surface area contributed by atoms with Gasteiger partial charge < -0.3 is 5.11 Å². The van der Waals surface area contributed by atoms with Crippen molar-refractivity contribution >= 4 is 0 Å². The van der Waals surface area contributed by atoms with Crippen LogP contribution in [0.5, 0.6) is 0 Å². The van der Waals surface area contributed by atoms with Gasteiger partial charge in [0.15, 0.2) is 0 Å². The molecule has 0 spiro atoms. The SMILES string of the molecule is OC(CC(F)F)c1ccc(F)cc1. The Morgan fingerprint density at radius 1 is 1.15 bits per heavy atom. The Hall–Kier alpha value is -1.03. The van der Waals surface area contributed by atoms with Crippen LogP contribution in [-0.4, -0.2) is 11.5 Å². The van der Waals surface area contributed by atoms with Gasteiger partial charge in [-0.05, 0) is 17.7 Å². The first kappa shape index (κ1) is 10.1. The minimum Gasteiger partial charge on any atom is -0.388 e. The summed E-state index contributed by atoms with van der Waals surface area (Å²) in [5, 5.41) is 9.18. The predicted molar refractivity (Wildman–Crippen MR) is 42.0 cm³/mol. The largest absolute Gasteiger partial charge is 0.388 e. The topological polar surface area (TPSA) is 20.2 Å². The van der Waals surface area contributed by atoms with Crippen LogP contribution in [0.4, 0.5) is 13.2 Å². The molecule has 4 heteroatoms. The minimum absolute atomic E-state index is 0.307. The van der Waals surface area contributed by atoms with Crippen LogP contribution >= 0.6 is 0 Å². The molecular weight excluding hydrogens is 181 g/mol. The summed E-state index contributed by atoms with van der Waals surface area (Å²) in [5.74, 6) is -0.451. The van der Waals surface area contributed by atoms with E-state index >= 15 is 0 Å². The van der Waals surface area contributed by atoms with Crippen molar-refractivity contribution in [3.8, 4) is 0 Å². The van der Waals surface area contributed by atoms with E-state index in [0.717, 1.165) is 12.1 Å². The number of hydrogen-bond acceptors (Lipinski definition) is 1. The molecule has 0 bridgehead atoms. The molecule has 0 heterocycles. The van der Waals surface area contributed by atoms with E-state index in [1.165, 1.54) is 12.1 Å². The smallest absolute Gasteiger partial charge is 0.241 e. The molecule has 0 fully saturated rings. The number of benzene rings is 1. The van der Waals surface area contributed by atoms with Crippen molar-refractivity contribution in [2.75, 3.05) is 0 Å². The highest BCUT2D eigenvalue weighted by molar-refractivity contribution is 5.18. The van der Waals surface area contributed by atoms with Crippen molar-refractivity contribution in [3.05, 3.63) is 35.6 Å². The molecule has 0 aliphatic carbocycles. The quantitative estimate of drug-likeness (QED) is 0.776. The minimum atomic E-state index is -2.56. The highest BCUT2D eigenvalue weighted by atomic mass is 19.3. The maximum Gasteiger partial charge on any atom is 0.241 e. The van der Waals surface area contributed by atoms with Crippen LogP contribution in [0.15, 0.2) is 24.3 Å². The highest BCUT2D eigenvalue weighted by Crippen LogP contribution is 2.20. The van der Waals surface area contributed by atoms with Gasteiger partial charge in [-0.1, -0.05) is 12.1 Å². The van der Waals surface area contributed by atoms with E-state index in [1.807, 2.05) is 0 Å². The van der Waals surface area contributed by atoms with Crippen molar-refractivity contribution in [3.63, 3.8) is 0 Å². The van der Waals surface area contributed by atoms with Gasteiger partial charge in [-0.3, -0.25) is 0 Å². The van der Waals surface area contributed by atoms with Crippen LogP contribution in [-0.2, 0) is 0 Å². The van der Waals surface area contributed by atoms with Crippen molar-refractivity contribution in [2.24, 2.45) is 0 Å². The van der Waals surface area contributed by atoms with Crippen LogP contribution in [0.1, 0.15) is 18.1 Å². The molecule has 1 nitrogen and oxygen atoms in total. The molecule has 0 aliphatic heterocycles. The summed E-state index contributed by atoms with van der Waals surface area (Å²) in [6, 6.07) is 4.85. The van der Waals surface area contributed by atoms with E-state index in [-0.39, 0.29) is 0 Å². The first-order chi connectivity index (χ1) is 6.09. The van der Waals surface area contributed by atoms with Crippen LogP contribution in [0.25, 0.3) is 0 Å². The maximum atomic E-state index is 12.4. The lowest BCUT2D eigenvalue weighted by atomic mass is 10.1. The fourth-order valence-electron chi connectivity index (χ4n) is 0.990. The molecule has 1 N–H and O–H groups in total. The number of aliphatic hydroxyl groups excluding tert-OH is 1. The van der Waals surface area contributed by atoms with Crippen molar-refractivity contribution in [1.82, 2.24) is 0 Å². The third kappa shape index (κ3) is 3.06. The standard InChI is InChI=1S/C9H9F3O/c10-7-3-1-6(2-4-7)8(13)5-9(11)12/h1-4,8-9,13H,5H2. The molecule has 1 aromatic rings. The first-order valence-electron chi connectivity index (χ1n) is 3.81. The average Bonchev–Trinajstić information content (AvgIpc) is 2.04. The van der Waals surface area contributed by atoms with E-state index in [2.05, 4.69) is 0 Å². The lowest BCUT2D eigenvalue weighted by molar-refractivity contribution is 0.0611. The summed E-state index contributed by atoms with van der Waals surface area (Å²) in [6.45, 7) is 0. The predicted octanol–water partition coefficient (Wildman–Crippen LogP) is 2.51. The second kappa shape index (κ2) is 4.28. The zero-order valence-electron chi connectivity index (χ0n) is 6.75. The van der Waals surface area contributed by atoms with Gasteiger partial charge in [0.05, 0.1) is 6.10 Å². The van der Waals surface area contributed by atoms with Gasteiger partial charge in [0.2, 0.25) is 6.43 Å². The van der Waals surface area contributed by atoms with E-state index in [0.29, 0.717) is 5.56 Å². The van der Waals surface area contributed by atoms with Gasteiger partial charge in [0.1, 0.15) is 5.82 Å². The van der Waals surface area contributed by atoms with E-state index in [9.17, 15) is 18.3 Å². The molecule has 0 aromatic heterocycles. The summed E-state index contributed by atoms with van der Waals surface area (Å²) in [7, 11) is 0. The number of halogens is 3. The summed E-state index contributed by atoms with van der Waals surface area (Å²) < 4.78 is 36.0. The lowest BCUT2D eigenvalue weighted by Gasteiger charge is -2.09. The summed E-state index contributed by atoms with van der Waals surface area (Å²) in [4.78, 5) is 0. The van der Waals surface area contributed by atoms with Crippen LogP contribution in [0.3, 0.4) is 0 Å². The molecule has 0 saturated heterocycles. The lowest BCUT2D eigenvalue weighted by Crippen LogP contribution is -2.03. The molecule has 1 rings (SSSR count). The molecule has 1 unspecified atom stereocenters. The third-order valence-corrected chi connectivity index (χ3v) is 1.66. The summed E-state index contributed by atoms with van der Waals surface area (Å²) in [5.41, 5.74) is 0.307. The number of alkyl halides is 2. The van der Waals surface area contributed by atoms with Gasteiger partial charge in [0.25, 0.3) is 0 Å². The van der Waals surface area contributed by atoms with Crippen molar-refractivity contribution < 1.29 is 18.3 Å². The number of hydrogen-bond donors (Lipinski definition) is 1. The molecule has 1 atom stereocenters. The Balaban J connectivity index is 2.66. The Bertz CT molecular complexity index is 258.